The molecule has 2 aromatic rings. The van der Waals surface area contributed by atoms with Crippen LogP contribution in [-0.2, 0) is 18.4 Å². The second-order valence-corrected chi connectivity index (χ2v) is 7.83. The highest BCUT2D eigenvalue weighted by Crippen LogP contribution is 2.22. The largest absolute Gasteiger partial charge is 0.297 e. The zero-order valence-corrected chi connectivity index (χ0v) is 14.2. The Kier molecular flexibility index (Phi) is 3.63. The molecule has 0 radical (unpaired) electrons. The highest BCUT2D eigenvalue weighted by molar-refractivity contribution is 5.43. The summed E-state index contributed by atoms with van der Waals surface area (Å²) in [5.74, 6) is 0.631. The molecule has 3 heterocycles. The molecule has 0 unspecified atom stereocenters. The molecule has 0 amide bonds. The van der Waals surface area contributed by atoms with Crippen molar-refractivity contribution in [2.24, 2.45) is 5.92 Å². The van der Waals surface area contributed by atoms with E-state index in [9.17, 15) is 4.79 Å². The fraction of sp³-hybridized carbons (Fsp3) is 0.647. The molecule has 2 aromatic heterocycles. The molecule has 5 heteroatoms. The average Bonchev–Trinajstić information content (AvgIpc) is 2.82. The maximum absolute atomic E-state index is 12.7. The maximum Gasteiger partial charge on any atom is 0.276 e. The molecule has 0 atom stereocenters. The first-order valence-corrected chi connectivity index (χ1v) is 8.12. The predicted molar refractivity (Wildman–Crippen MR) is 88.3 cm³/mol. The van der Waals surface area contributed by atoms with Crippen molar-refractivity contribution >= 4 is 5.65 Å². The smallest absolute Gasteiger partial charge is 0.276 e. The minimum Gasteiger partial charge on any atom is -0.297 e. The van der Waals surface area contributed by atoms with Crippen LogP contribution < -0.4 is 5.56 Å². The van der Waals surface area contributed by atoms with Gasteiger partial charge in [-0.2, -0.15) is 0 Å². The van der Waals surface area contributed by atoms with E-state index in [0.717, 1.165) is 48.7 Å². The second kappa shape index (κ2) is 5.23. The van der Waals surface area contributed by atoms with Crippen LogP contribution in [0.5, 0.6) is 0 Å². The summed E-state index contributed by atoms with van der Waals surface area (Å²) in [7, 11) is 0. The van der Waals surface area contributed by atoms with Crippen LogP contribution in [0, 0.1) is 5.92 Å². The van der Waals surface area contributed by atoms with Gasteiger partial charge < -0.3 is 0 Å². The van der Waals surface area contributed by atoms with Crippen molar-refractivity contribution in [2.75, 3.05) is 13.1 Å². The zero-order valence-electron chi connectivity index (χ0n) is 14.2. The number of hydrogen-bond donors (Lipinski definition) is 1. The number of hydrogen-bond acceptors (Lipinski definition) is 3. The van der Waals surface area contributed by atoms with E-state index in [-0.39, 0.29) is 11.0 Å². The molecule has 120 valence electrons. The number of aromatic amines is 1. The minimum absolute atomic E-state index is 0.0235. The molecule has 22 heavy (non-hydrogen) atoms. The Bertz CT molecular complexity index is 748. The van der Waals surface area contributed by atoms with Crippen LogP contribution in [0.4, 0.5) is 0 Å². The summed E-state index contributed by atoms with van der Waals surface area (Å²) < 4.78 is 1.61. The van der Waals surface area contributed by atoms with Gasteiger partial charge in [-0.25, -0.2) is 9.50 Å². The van der Waals surface area contributed by atoms with Crippen LogP contribution in [0.1, 0.15) is 51.6 Å². The third kappa shape index (κ3) is 2.70. The first-order valence-electron chi connectivity index (χ1n) is 8.12. The van der Waals surface area contributed by atoms with Crippen LogP contribution in [0.15, 0.2) is 10.9 Å². The molecule has 1 aliphatic heterocycles. The SMILES string of the molecule is CC(C)CN1CCc2c(nc3cc(C(C)(C)C)[nH]n3c2=O)C1. The van der Waals surface area contributed by atoms with Crippen molar-refractivity contribution in [3.05, 3.63) is 33.4 Å². The van der Waals surface area contributed by atoms with Crippen molar-refractivity contribution in [3.63, 3.8) is 0 Å². The van der Waals surface area contributed by atoms with Gasteiger partial charge in [0, 0.05) is 42.4 Å². The fourth-order valence-electron chi connectivity index (χ4n) is 3.10. The summed E-state index contributed by atoms with van der Waals surface area (Å²) in [6, 6.07) is 2.00. The van der Waals surface area contributed by atoms with Crippen molar-refractivity contribution in [3.8, 4) is 0 Å². The quantitative estimate of drug-likeness (QED) is 0.926. The Hall–Kier alpha value is -1.62. The van der Waals surface area contributed by atoms with Crippen molar-refractivity contribution in [2.45, 2.75) is 53.0 Å². The molecule has 1 N–H and O–H groups in total. The van der Waals surface area contributed by atoms with Gasteiger partial charge in [-0.05, 0) is 12.3 Å². The first-order chi connectivity index (χ1) is 10.3. The summed E-state index contributed by atoms with van der Waals surface area (Å²) >= 11 is 0. The topological polar surface area (TPSA) is 53.4 Å². The fourth-order valence-corrected chi connectivity index (χ4v) is 3.10. The van der Waals surface area contributed by atoms with Crippen LogP contribution in [0.2, 0.25) is 0 Å². The van der Waals surface area contributed by atoms with Crippen molar-refractivity contribution < 1.29 is 0 Å². The van der Waals surface area contributed by atoms with E-state index in [2.05, 4.69) is 44.6 Å². The molecule has 0 bridgehead atoms. The van der Waals surface area contributed by atoms with Gasteiger partial charge in [-0.1, -0.05) is 34.6 Å². The molecule has 1 aliphatic rings. The van der Waals surface area contributed by atoms with E-state index in [1.807, 2.05) is 6.07 Å². The Balaban J connectivity index is 2.04. The number of rotatable bonds is 2. The summed E-state index contributed by atoms with van der Waals surface area (Å²) in [6.07, 6.45) is 0.792. The average molecular weight is 302 g/mol. The van der Waals surface area contributed by atoms with Gasteiger partial charge in [0.25, 0.3) is 5.56 Å². The van der Waals surface area contributed by atoms with Crippen molar-refractivity contribution in [1.29, 1.82) is 0 Å². The molecule has 0 aliphatic carbocycles. The Morgan fingerprint density at radius 2 is 2.09 bits per heavy atom. The molecular weight excluding hydrogens is 276 g/mol. The summed E-state index contributed by atoms with van der Waals surface area (Å²) in [6.45, 7) is 13.6. The lowest BCUT2D eigenvalue weighted by molar-refractivity contribution is 0.222. The van der Waals surface area contributed by atoms with E-state index < -0.39 is 0 Å². The van der Waals surface area contributed by atoms with Gasteiger partial charge in [0.05, 0.1) is 5.69 Å². The van der Waals surface area contributed by atoms with Gasteiger partial charge in [0.2, 0.25) is 0 Å². The van der Waals surface area contributed by atoms with E-state index in [0.29, 0.717) is 5.92 Å². The van der Waals surface area contributed by atoms with Gasteiger partial charge in [0.15, 0.2) is 5.65 Å². The minimum atomic E-state index is -0.0235. The van der Waals surface area contributed by atoms with Gasteiger partial charge >= 0.3 is 0 Å². The number of fused-ring (bicyclic) bond motifs is 2. The van der Waals surface area contributed by atoms with E-state index in [1.165, 1.54) is 0 Å². The molecule has 0 saturated heterocycles. The number of nitrogens with zero attached hydrogens (tertiary/aromatic N) is 3. The molecular formula is C17H26N4O. The van der Waals surface area contributed by atoms with E-state index in [4.69, 9.17) is 4.98 Å². The lowest BCUT2D eigenvalue weighted by atomic mass is 9.93. The molecule has 5 nitrogen and oxygen atoms in total. The van der Waals surface area contributed by atoms with E-state index >= 15 is 0 Å². The standard InChI is InChI=1S/C17H26N4O/c1-11(2)9-20-7-6-12-13(10-20)18-15-8-14(17(3,4)5)19-21(15)16(12)22/h8,11,19H,6-7,9-10H2,1-5H3. The summed E-state index contributed by atoms with van der Waals surface area (Å²) in [5.41, 5.74) is 3.65. The lowest BCUT2D eigenvalue weighted by Gasteiger charge is -2.28. The van der Waals surface area contributed by atoms with E-state index in [1.54, 1.807) is 4.52 Å². The molecule has 0 spiro atoms. The molecule has 0 saturated carbocycles. The molecule has 3 rings (SSSR count). The Labute approximate surface area is 131 Å². The van der Waals surface area contributed by atoms with Crippen LogP contribution in [-0.4, -0.2) is 32.6 Å². The van der Waals surface area contributed by atoms with Gasteiger partial charge in [-0.15, -0.1) is 0 Å². The Morgan fingerprint density at radius 1 is 1.36 bits per heavy atom. The third-order valence-electron chi connectivity index (χ3n) is 4.28. The highest BCUT2D eigenvalue weighted by atomic mass is 16.1. The number of nitrogens with one attached hydrogen (secondary N) is 1. The monoisotopic (exact) mass is 302 g/mol. The predicted octanol–water partition coefficient (Wildman–Crippen LogP) is 2.33. The van der Waals surface area contributed by atoms with Crippen LogP contribution >= 0.6 is 0 Å². The first kappa shape index (κ1) is 15.3. The van der Waals surface area contributed by atoms with Crippen LogP contribution in [0.3, 0.4) is 0 Å². The Morgan fingerprint density at radius 3 is 2.73 bits per heavy atom. The molecule has 0 fully saturated rings. The van der Waals surface area contributed by atoms with Gasteiger partial charge in [0.1, 0.15) is 0 Å². The zero-order chi connectivity index (χ0) is 16.1. The summed E-state index contributed by atoms with van der Waals surface area (Å²) in [4.78, 5) is 19.9. The van der Waals surface area contributed by atoms with Crippen molar-refractivity contribution in [1.82, 2.24) is 19.5 Å². The normalized spacial score (nSPS) is 16.5. The summed E-state index contributed by atoms with van der Waals surface area (Å²) in [5, 5.41) is 3.23. The maximum atomic E-state index is 12.7. The third-order valence-corrected chi connectivity index (χ3v) is 4.28. The molecule has 0 aromatic carbocycles. The van der Waals surface area contributed by atoms with Crippen LogP contribution in [0.25, 0.3) is 5.65 Å². The number of aromatic nitrogens is 3. The van der Waals surface area contributed by atoms with Gasteiger partial charge in [-0.3, -0.25) is 14.8 Å². The second-order valence-electron chi connectivity index (χ2n) is 7.83. The highest BCUT2D eigenvalue weighted by Gasteiger charge is 2.24. The number of H-pyrrole nitrogens is 1. The lowest BCUT2D eigenvalue weighted by Crippen LogP contribution is -2.38.